The van der Waals surface area contributed by atoms with Crippen LogP contribution in [0.4, 0.5) is 4.79 Å². The molecule has 0 aromatic carbocycles. The van der Waals surface area contributed by atoms with Crippen LogP contribution in [-0.2, 0) is 4.74 Å². The fraction of sp³-hybridized carbons (Fsp3) is 0.769. The van der Waals surface area contributed by atoms with Crippen LogP contribution in [-0.4, -0.2) is 34.3 Å². The molecule has 4 nitrogen and oxygen atoms in total. The molecular formula is C13H27NO3S. The van der Waals surface area contributed by atoms with Crippen molar-refractivity contribution in [2.75, 3.05) is 11.5 Å². The number of thioether (sulfide) groups is 1. The third-order valence-electron chi connectivity index (χ3n) is 1.58. The summed E-state index contributed by atoms with van der Waals surface area (Å²) in [6, 6.07) is -0.459. The fourth-order valence-electron chi connectivity index (χ4n) is 0.907. The number of carbonyl (C=O) groups excluding carboxylic acids is 1. The Bertz CT molecular complexity index is 249. The lowest BCUT2D eigenvalue weighted by Gasteiger charge is -2.23. The number of carbonyl (C=O) groups is 1. The van der Waals surface area contributed by atoms with E-state index >= 15 is 0 Å². The Hall–Kier alpha value is -0.840. The maximum atomic E-state index is 11.4. The summed E-state index contributed by atoms with van der Waals surface area (Å²) in [7, 11) is 0. The van der Waals surface area contributed by atoms with E-state index in [-0.39, 0.29) is 5.76 Å². The van der Waals surface area contributed by atoms with E-state index in [4.69, 9.17) is 4.74 Å². The molecule has 0 spiro atoms. The Balaban J connectivity index is 0. The number of amides is 1. The summed E-state index contributed by atoms with van der Waals surface area (Å²) in [5, 5.41) is 11.9. The standard InChI is InChI=1S/C11H21NO3S.C2H6/c1-6-16-7-9(8(2)13)12-10(14)15-11(3,4)5;1-2/h9,13H,2,6-7H2,1,3-5H3,(H,12,14);1-2H3. The summed E-state index contributed by atoms with van der Waals surface area (Å²) in [6.45, 7) is 14.8. The minimum Gasteiger partial charge on any atom is -0.511 e. The van der Waals surface area contributed by atoms with Crippen molar-refractivity contribution in [2.24, 2.45) is 0 Å². The van der Waals surface area contributed by atoms with Gasteiger partial charge >= 0.3 is 6.09 Å². The Kier molecular flexibility index (Phi) is 11.0. The molecule has 0 bridgehead atoms. The van der Waals surface area contributed by atoms with Gasteiger partial charge in [-0.05, 0) is 26.5 Å². The largest absolute Gasteiger partial charge is 0.511 e. The predicted molar refractivity (Wildman–Crippen MR) is 79.3 cm³/mol. The van der Waals surface area contributed by atoms with Gasteiger partial charge in [0.05, 0.1) is 6.04 Å². The molecule has 18 heavy (non-hydrogen) atoms. The molecule has 0 rings (SSSR count). The zero-order chi connectivity index (χ0) is 14.8. The van der Waals surface area contributed by atoms with E-state index in [1.54, 1.807) is 32.5 Å². The number of aliphatic hydroxyl groups is 1. The van der Waals surface area contributed by atoms with Gasteiger partial charge in [0.2, 0.25) is 0 Å². The van der Waals surface area contributed by atoms with Gasteiger partial charge in [-0.3, -0.25) is 0 Å². The Morgan fingerprint density at radius 3 is 2.28 bits per heavy atom. The number of hydrogen-bond acceptors (Lipinski definition) is 4. The SMILES string of the molecule is C=C(O)C(CSCC)NC(=O)OC(C)(C)C.CC. The first-order valence-electron chi connectivity index (χ1n) is 6.21. The maximum Gasteiger partial charge on any atom is 0.408 e. The number of nitrogens with one attached hydrogen (secondary N) is 1. The van der Waals surface area contributed by atoms with E-state index in [9.17, 15) is 9.90 Å². The second-order valence-electron chi connectivity index (χ2n) is 4.35. The minimum absolute atomic E-state index is 0.0493. The Morgan fingerprint density at radius 2 is 1.94 bits per heavy atom. The molecule has 0 saturated heterocycles. The lowest BCUT2D eigenvalue weighted by Crippen LogP contribution is -2.41. The molecule has 0 aliphatic rings. The van der Waals surface area contributed by atoms with Crippen LogP contribution in [0, 0.1) is 0 Å². The number of hydrogen-bond donors (Lipinski definition) is 2. The summed E-state index contributed by atoms with van der Waals surface area (Å²) >= 11 is 1.61. The van der Waals surface area contributed by atoms with Gasteiger partial charge in [0, 0.05) is 5.75 Å². The van der Waals surface area contributed by atoms with Crippen LogP contribution in [0.1, 0.15) is 41.5 Å². The molecule has 0 aromatic rings. The van der Waals surface area contributed by atoms with Crippen LogP contribution in [0.25, 0.3) is 0 Å². The van der Waals surface area contributed by atoms with Crippen molar-refractivity contribution in [1.29, 1.82) is 0 Å². The van der Waals surface area contributed by atoms with Crippen molar-refractivity contribution in [3.8, 4) is 0 Å². The Labute approximate surface area is 115 Å². The normalized spacial score (nSPS) is 11.9. The molecule has 0 radical (unpaired) electrons. The molecule has 0 aliphatic heterocycles. The highest BCUT2D eigenvalue weighted by molar-refractivity contribution is 7.99. The topological polar surface area (TPSA) is 58.6 Å². The van der Waals surface area contributed by atoms with Crippen molar-refractivity contribution in [2.45, 2.75) is 53.2 Å². The van der Waals surface area contributed by atoms with Gasteiger partial charge in [-0.1, -0.05) is 27.4 Å². The molecule has 0 aromatic heterocycles. The van der Waals surface area contributed by atoms with E-state index in [0.717, 1.165) is 5.75 Å². The number of aliphatic hydroxyl groups excluding tert-OH is 1. The summed E-state index contributed by atoms with van der Waals surface area (Å²) < 4.78 is 5.09. The summed E-state index contributed by atoms with van der Waals surface area (Å²) in [4.78, 5) is 11.4. The first kappa shape index (κ1) is 19.5. The minimum atomic E-state index is -0.538. The summed E-state index contributed by atoms with van der Waals surface area (Å²) in [5.41, 5.74) is -0.538. The molecule has 0 heterocycles. The van der Waals surface area contributed by atoms with Crippen molar-refractivity contribution >= 4 is 17.9 Å². The van der Waals surface area contributed by atoms with E-state index in [1.165, 1.54) is 0 Å². The van der Waals surface area contributed by atoms with Gasteiger partial charge in [0.1, 0.15) is 11.4 Å². The highest BCUT2D eigenvalue weighted by Crippen LogP contribution is 2.10. The maximum absolute atomic E-state index is 11.4. The van der Waals surface area contributed by atoms with E-state index in [0.29, 0.717) is 5.75 Å². The summed E-state index contributed by atoms with van der Waals surface area (Å²) in [5.74, 6) is 1.46. The lowest BCUT2D eigenvalue weighted by atomic mass is 10.2. The number of alkyl carbamates (subject to hydrolysis) is 1. The predicted octanol–water partition coefficient (Wildman–Crippen LogP) is 3.73. The van der Waals surface area contributed by atoms with Crippen LogP contribution in [0.15, 0.2) is 12.3 Å². The lowest BCUT2D eigenvalue weighted by molar-refractivity contribution is 0.0507. The fourth-order valence-corrected chi connectivity index (χ4v) is 1.65. The van der Waals surface area contributed by atoms with Crippen LogP contribution >= 0.6 is 11.8 Å². The van der Waals surface area contributed by atoms with Gasteiger partial charge < -0.3 is 15.2 Å². The first-order valence-corrected chi connectivity index (χ1v) is 7.36. The van der Waals surface area contributed by atoms with E-state index < -0.39 is 17.7 Å². The van der Waals surface area contributed by atoms with E-state index in [2.05, 4.69) is 11.9 Å². The molecule has 0 fully saturated rings. The molecule has 0 saturated carbocycles. The average Bonchev–Trinajstić information content (AvgIpc) is 2.24. The van der Waals surface area contributed by atoms with Crippen LogP contribution in [0.5, 0.6) is 0 Å². The van der Waals surface area contributed by atoms with Gasteiger partial charge in [0.25, 0.3) is 0 Å². The van der Waals surface area contributed by atoms with Crippen LogP contribution in [0.2, 0.25) is 0 Å². The van der Waals surface area contributed by atoms with Crippen LogP contribution < -0.4 is 5.32 Å². The molecule has 1 atom stereocenters. The second kappa shape index (κ2) is 10.1. The van der Waals surface area contributed by atoms with E-state index in [1.807, 2.05) is 20.8 Å². The highest BCUT2D eigenvalue weighted by Gasteiger charge is 2.20. The zero-order valence-corrected chi connectivity index (χ0v) is 13.2. The van der Waals surface area contributed by atoms with Gasteiger partial charge in [-0.25, -0.2) is 4.79 Å². The average molecular weight is 277 g/mol. The summed E-state index contributed by atoms with van der Waals surface area (Å²) in [6.07, 6.45) is -0.538. The first-order chi connectivity index (χ1) is 8.26. The van der Waals surface area contributed by atoms with Crippen molar-refractivity contribution in [1.82, 2.24) is 5.32 Å². The zero-order valence-electron chi connectivity index (χ0n) is 12.4. The molecule has 2 N–H and O–H groups in total. The van der Waals surface area contributed by atoms with Gasteiger partial charge in [0.15, 0.2) is 0 Å². The molecule has 108 valence electrons. The van der Waals surface area contributed by atoms with Crippen LogP contribution in [0.3, 0.4) is 0 Å². The number of rotatable bonds is 5. The van der Waals surface area contributed by atoms with Crippen molar-refractivity contribution in [3.63, 3.8) is 0 Å². The molecule has 1 amide bonds. The van der Waals surface area contributed by atoms with Gasteiger partial charge in [-0.15, -0.1) is 0 Å². The smallest absolute Gasteiger partial charge is 0.408 e. The van der Waals surface area contributed by atoms with Crippen molar-refractivity contribution in [3.05, 3.63) is 12.3 Å². The van der Waals surface area contributed by atoms with Crippen molar-refractivity contribution < 1.29 is 14.6 Å². The molecule has 1 unspecified atom stereocenters. The quantitative estimate of drug-likeness (QED) is 0.752. The molecular weight excluding hydrogens is 250 g/mol. The monoisotopic (exact) mass is 277 g/mol. The number of ether oxygens (including phenoxy) is 1. The Morgan fingerprint density at radius 1 is 1.44 bits per heavy atom. The molecule has 5 heteroatoms. The highest BCUT2D eigenvalue weighted by atomic mass is 32.2. The van der Waals surface area contributed by atoms with Gasteiger partial charge in [-0.2, -0.15) is 11.8 Å². The second-order valence-corrected chi connectivity index (χ2v) is 5.67. The molecule has 0 aliphatic carbocycles. The third-order valence-corrected chi connectivity index (χ3v) is 2.56. The third kappa shape index (κ3) is 11.6.